The SMILES string of the molecule is CC1(C)CC=C(c2cc(C(C)(C)C=O)ccc2N)CC1. The minimum atomic E-state index is -0.461. The summed E-state index contributed by atoms with van der Waals surface area (Å²) in [6.07, 6.45) is 6.64. The van der Waals surface area contributed by atoms with E-state index in [9.17, 15) is 4.79 Å². The molecule has 2 N–H and O–H groups in total. The van der Waals surface area contributed by atoms with Crippen molar-refractivity contribution in [3.63, 3.8) is 0 Å². The lowest BCUT2D eigenvalue weighted by Gasteiger charge is -2.29. The van der Waals surface area contributed by atoms with E-state index < -0.39 is 5.41 Å². The Bertz CT molecular complexity index is 553. The zero-order chi connectivity index (χ0) is 15.0. The van der Waals surface area contributed by atoms with E-state index in [1.807, 2.05) is 26.0 Å². The molecule has 2 nitrogen and oxygen atoms in total. The molecule has 0 saturated carbocycles. The van der Waals surface area contributed by atoms with Gasteiger partial charge in [-0.2, -0.15) is 0 Å². The molecular formula is C18H25NO. The van der Waals surface area contributed by atoms with Gasteiger partial charge >= 0.3 is 0 Å². The second kappa shape index (κ2) is 5.08. The molecule has 0 radical (unpaired) electrons. The number of nitrogen functional groups attached to an aromatic ring is 1. The van der Waals surface area contributed by atoms with Gasteiger partial charge in [0.1, 0.15) is 6.29 Å². The van der Waals surface area contributed by atoms with Gasteiger partial charge in [-0.05, 0) is 61.8 Å². The lowest BCUT2D eigenvalue weighted by atomic mass is 9.76. The van der Waals surface area contributed by atoms with Gasteiger partial charge in [-0.3, -0.25) is 0 Å². The predicted octanol–water partition coefficient (Wildman–Crippen LogP) is 4.34. The van der Waals surface area contributed by atoms with Crippen molar-refractivity contribution in [1.29, 1.82) is 0 Å². The Balaban J connectivity index is 2.40. The monoisotopic (exact) mass is 271 g/mol. The lowest BCUT2D eigenvalue weighted by molar-refractivity contribution is -0.111. The molecule has 0 saturated heterocycles. The quantitative estimate of drug-likeness (QED) is 0.656. The molecule has 20 heavy (non-hydrogen) atoms. The second-order valence-electron chi connectivity index (χ2n) is 7.24. The molecule has 1 aliphatic carbocycles. The topological polar surface area (TPSA) is 43.1 Å². The summed E-state index contributed by atoms with van der Waals surface area (Å²) in [7, 11) is 0. The van der Waals surface area contributed by atoms with Gasteiger partial charge in [0.25, 0.3) is 0 Å². The van der Waals surface area contributed by atoms with E-state index in [-0.39, 0.29) is 0 Å². The Labute approximate surface area is 122 Å². The largest absolute Gasteiger partial charge is 0.398 e. The highest BCUT2D eigenvalue weighted by Crippen LogP contribution is 2.40. The van der Waals surface area contributed by atoms with E-state index in [2.05, 4.69) is 26.0 Å². The molecule has 0 unspecified atom stereocenters. The summed E-state index contributed by atoms with van der Waals surface area (Å²) in [5, 5.41) is 0. The van der Waals surface area contributed by atoms with Gasteiger partial charge in [0, 0.05) is 16.7 Å². The molecule has 1 aliphatic rings. The normalized spacial score (nSPS) is 18.5. The van der Waals surface area contributed by atoms with Crippen molar-refractivity contribution >= 4 is 17.5 Å². The minimum Gasteiger partial charge on any atom is -0.398 e. The van der Waals surface area contributed by atoms with E-state index in [1.54, 1.807) is 0 Å². The summed E-state index contributed by atoms with van der Waals surface area (Å²) in [4.78, 5) is 11.2. The highest BCUT2D eigenvalue weighted by molar-refractivity contribution is 5.78. The highest BCUT2D eigenvalue weighted by Gasteiger charge is 2.24. The molecular weight excluding hydrogens is 246 g/mol. The van der Waals surface area contributed by atoms with Crippen LogP contribution in [0.25, 0.3) is 5.57 Å². The molecule has 1 aromatic carbocycles. The summed E-state index contributed by atoms with van der Waals surface area (Å²) >= 11 is 0. The smallest absolute Gasteiger partial charge is 0.129 e. The van der Waals surface area contributed by atoms with E-state index >= 15 is 0 Å². The van der Waals surface area contributed by atoms with Gasteiger partial charge in [0.15, 0.2) is 0 Å². The third-order valence-electron chi connectivity index (χ3n) is 4.41. The minimum absolute atomic E-state index is 0.387. The molecule has 1 aromatic rings. The van der Waals surface area contributed by atoms with Crippen molar-refractivity contribution in [2.24, 2.45) is 5.41 Å². The van der Waals surface area contributed by atoms with Crippen molar-refractivity contribution in [3.8, 4) is 0 Å². The number of aldehydes is 1. The zero-order valence-electron chi connectivity index (χ0n) is 13.0. The van der Waals surface area contributed by atoms with Crippen LogP contribution in [0.1, 0.15) is 58.1 Å². The van der Waals surface area contributed by atoms with E-state index in [4.69, 9.17) is 5.73 Å². The molecule has 0 heterocycles. The van der Waals surface area contributed by atoms with Crippen LogP contribution >= 0.6 is 0 Å². The van der Waals surface area contributed by atoms with Crippen LogP contribution in [0.2, 0.25) is 0 Å². The first-order valence-corrected chi connectivity index (χ1v) is 7.31. The van der Waals surface area contributed by atoms with Crippen LogP contribution in [0.5, 0.6) is 0 Å². The molecule has 0 spiro atoms. The fourth-order valence-corrected chi connectivity index (χ4v) is 2.62. The van der Waals surface area contributed by atoms with Crippen LogP contribution < -0.4 is 5.73 Å². The fraction of sp³-hybridized carbons (Fsp3) is 0.500. The van der Waals surface area contributed by atoms with Crippen LogP contribution in [0.4, 0.5) is 5.69 Å². The highest BCUT2D eigenvalue weighted by atomic mass is 16.1. The van der Waals surface area contributed by atoms with Gasteiger partial charge in [-0.25, -0.2) is 0 Å². The number of hydrogen-bond acceptors (Lipinski definition) is 2. The summed E-state index contributed by atoms with van der Waals surface area (Å²) < 4.78 is 0. The third kappa shape index (κ3) is 2.95. The van der Waals surface area contributed by atoms with Gasteiger partial charge < -0.3 is 10.5 Å². The first kappa shape index (κ1) is 14.8. The average Bonchev–Trinajstić information content (AvgIpc) is 2.39. The van der Waals surface area contributed by atoms with E-state index in [1.165, 1.54) is 12.0 Å². The fourth-order valence-electron chi connectivity index (χ4n) is 2.62. The van der Waals surface area contributed by atoms with Gasteiger partial charge in [-0.15, -0.1) is 0 Å². The number of carbonyl (C=O) groups excluding carboxylic acids is 1. The Kier molecular flexibility index (Phi) is 3.77. The van der Waals surface area contributed by atoms with Crippen LogP contribution in [-0.4, -0.2) is 6.29 Å². The summed E-state index contributed by atoms with van der Waals surface area (Å²) in [6.45, 7) is 8.48. The summed E-state index contributed by atoms with van der Waals surface area (Å²) in [5.74, 6) is 0. The number of hydrogen-bond donors (Lipinski definition) is 1. The van der Waals surface area contributed by atoms with Gasteiger partial charge in [-0.1, -0.05) is 26.0 Å². The van der Waals surface area contributed by atoms with Crippen molar-refractivity contribution in [2.45, 2.75) is 52.4 Å². The van der Waals surface area contributed by atoms with Crippen LogP contribution in [0.15, 0.2) is 24.3 Å². The third-order valence-corrected chi connectivity index (χ3v) is 4.41. The summed E-state index contributed by atoms with van der Waals surface area (Å²) in [6, 6.07) is 5.98. The van der Waals surface area contributed by atoms with Crippen molar-refractivity contribution in [3.05, 3.63) is 35.4 Å². The van der Waals surface area contributed by atoms with Crippen molar-refractivity contribution in [2.75, 3.05) is 5.73 Å². The Hall–Kier alpha value is -1.57. The molecule has 0 atom stereocenters. The molecule has 0 fully saturated rings. The summed E-state index contributed by atoms with van der Waals surface area (Å²) in [5.41, 5.74) is 10.3. The first-order valence-electron chi connectivity index (χ1n) is 7.31. The number of allylic oxidation sites excluding steroid dienone is 2. The Morgan fingerprint density at radius 2 is 2.00 bits per heavy atom. The van der Waals surface area contributed by atoms with E-state index in [0.29, 0.717) is 5.41 Å². The number of benzene rings is 1. The standard InChI is InChI=1S/C18H25NO/c1-17(2)9-7-13(8-10-17)15-11-14(5-6-16(15)19)18(3,4)12-20/h5-7,11-12H,8-10,19H2,1-4H3. The number of carbonyl (C=O) groups is 1. The molecule has 0 aromatic heterocycles. The molecule has 108 valence electrons. The maximum atomic E-state index is 11.2. The van der Waals surface area contributed by atoms with Gasteiger partial charge in [0.2, 0.25) is 0 Å². The second-order valence-corrected chi connectivity index (χ2v) is 7.24. The molecule has 2 heteroatoms. The van der Waals surface area contributed by atoms with E-state index in [0.717, 1.165) is 35.9 Å². The number of rotatable bonds is 3. The Morgan fingerprint density at radius 3 is 2.55 bits per heavy atom. The number of nitrogens with two attached hydrogens (primary N) is 1. The zero-order valence-corrected chi connectivity index (χ0v) is 13.0. The maximum Gasteiger partial charge on any atom is 0.129 e. The predicted molar refractivity (Wildman–Crippen MR) is 85.6 cm³/mol. The van der Waals surface area contributed by atoms with Crippen molar-refractivity contribution < 1.29 is 4.79 Å². The van der Waals surface area contributed by atoms with Gasteiger partial charge in [0.05, 0.1) is 0 Å². The Morgan fingerprint density at radius 1 is 1.30 bits per heavy atom. The molecule has 0 aliphatic heterocycles. The molecule has 0 bridgehead atoms. The molecule has 2 rings (SSSR count). The van der Waals surface area contributed by atoms with Crippen molar-refractivity contribution in [1.82, 2.24) is 0 Å². The van der Waals surface area contributed by atoms with Crippen LogP contribution in [0.3, 0.4) is 0 Å². The van der Waals surface area contributed by atoms with Crippen LogP contribution in [-0.2, 0) is 10.2 Å². The maximum absolute atomic E-state index is 11.2. The number of anilines is 1. The van der Waals surface area contributed by atoms with Crippen LogP contribution in [0, 0.1) is 5.41 Å². The first-order chi connectivity index (χ1) is 9.25. The molecule has 0 amide bonds. The lowest BCUT2D eigenvalue weighted by Crippen LogP contribution is -2.19. The average molecular weight is 271 g/mol.